The Morgan fingerprint density at radius 2 is 1.30 bits per heavy atom. The van der Waals surface area contributed by atoms with Crippen LogP contribution in [-0.2, 0) is 4.79 Å². The number of carboxylic acid groups (broad SMARTS) is 1. The average Bonchev–Trinajstić information content (AvgIpc) is 3.16. The third-order valence-electron chi connectivity index (χ3n) is 6.84. The van der Waals surface area contributed by atoms with Gasteiger partial charge in [-0.05, 0) is 19.3 Å². The van der Waals surface area contributed by atoms with Gasteiger partial charge in [0.05, 0.1) is 12.2 Å². The fourth-order valence-corrected chi connectivity index (χ4v) is 4.85. The van der Waals surface area contributed by atoms with Gasteiger partial charge in [-0.2, -0.15) is 0 Å². The number of carbonyl (C=O) groups excluding carboxylic acids is 1. The molecular weight excluding hydrogens is 410 g/mol. The first-order chi connectivity index (χ1) is 16.1. The zero-order valence-corrected chi connectivity index (χ0v) is 21.3. The van der Waals surface area contributed by atoms with E-state index in [1.54, 1.807) is 6.20 Å². The second-order valence-electron chi connectivity index (χ2n) is 9.76. The highest BCUT2D eigenvalue weighted by molar-refractivity contribution is 5.80. The molecule has 0 fully saturated rings. The normalized spacial score (nSPS) is 17.4. The summed E-state index contributed by atoms with van der Waals surface area (Å²) in [7, 11) is 0. The third-order valence-corrected chi connectivity index (χ3v) is 6.84. The maximum atomic E-state index is 11.2. The number of hydrogen-bond donors (Lipinski definition) is 1. The van der Waals surface area contributed by atoms with E-state index in [9.17, 15) is 9.90 Å². The van der Waals surface area contributed by atoms with Crippen molar-refractivity contribution >= 4 is 11.8 Å². The standard InChI is InChI=1S/C28H51N3O2/c1-2-3-4-5-6-7-8-9-10-11-12-13-14-15-16-17-18-19-20-21-27-30-23-25-31(27,24-22-29)26-28(32)33/h2,23,25H,1,3-22,24,26,29H2. The molecule has 1 rings (SSSR count). The summed E-state index contributed by atoms with van der Waals surface area (Å²) in [4.78, 5) is 15.6. The number of hydrogen-bond acceptors (Lipinski definition) is 4. The molecule has 0 aromatic carbocycles. The van der Waals surface area contributed by atoms with E-state index in [1.165, 1.54) is 109 Å². The summed E-state index contributed by atoms with van der Waals surface area (Å²) in [6.07, 6.45) is 30.5. The first kappa shape index (κ1) is 29.6. The largest absolute Gasteiger partial charge is 0.544 e. The number of carbonyl (C=O) groups is 1. The molecule has 0 bridgehead atoms. The maximum absolute atomic E-state index is 11.2. The van der Waals surface area contributed by atoms with Crippen LogP contribution in [0, 0.1) is 0 Å². The van der Waals surface area contributed by atoms with Gasteiger partial charge >= 0.3 is 0 Å². The smallest absolute Gasteiger partial charge is 0.207 e. The quantitative estimate of drug-likeness (QED) is 0.109. The zero-order valence-electron chi connectivity index (χ0n) is 21.3. The van der Waals surface area contributed by atoms with Crippen LogP contribution in [-0.4, -0.2) is 35.9 Å². The lowest BCUT2D eigenvalue weighted by atomic mass is 10.0. The number of nitrogens with zero attached hydrogens (tertiary/aromatic N) is 2. The molecular formula is C28H51N3O2. The Labute approximate surface area is 203 Å². The van der Waals surface area contributed by atoms with Gasteiger partial charge in [0.2, 0.25) is 5.84 Å². The number of amidine groups is 1. The highest BCUT2D eigenvalue weighted by atomic mass is 16.4. The summed E-state index contributed by atoms with van der Waals surface area (Å²) in [5.41, 5.74) is 5.71. The Morgan fingerprint density at radius 3 is 1.73 bits per heavy atom. The lowest BCUT2D eigenvalue weighted by Gasteiger charge is -2.32. The number of rotatable bonds is 24. The van der Waals surface area contributed by atoms with Crippen molar-refractivity contribution in [3.05, 3.63) is 25.1 Å². The minimum atomic E-state index is -1.05. The van der Waals surface area contributed by atoms with E-state index in [0.717, 1.165) is 18.7 Å². The molecule has 0 saturated heterocycles. The Morgan fingerprint density at radius 1 is 0.848 bits per heavy atom. The number of quaternary nitrogens is 1. The van der Waals surface area contributed by atoms with Crippen LogP contribution in [0.3, 0.4) is 0 Å². The van der Waals surface area contributed by atoms with Gasteiger partial charge in [-0.25, -0.2) is 9.48 Å². The van der Waals surface area contributed by atoms with Gasteiger partial charge in [-0.3, -0.25) is 0 Å². The second kappa shape index (κ2) is 20.0. The SMILES string of the molecule is C=CCCCCCCCCCCCCCCCCCCCC1=NC=C[N+]1(CCN)CC(=O)[O-]. The minimum Gasteiger partial charge on any atom is -0.544 e. The van der Waals surface area contributed by atoms with Crippen LogP contribution in [0.4, 0.5) is 0 Å². The van der Waals surface area contributed by atoms with Gasteiger partial charge in [0.15, 0.2) is 0 Å². The predicted octanol–water partition coefficient (Wildman–Crippen LogP) is 5.99. The molecule has 190 valence electrons. The van der Waals surface area contributed by atoms with E-state index in [-0.39, 0.29) is 11.0 Å². The molecule has 0 radical (unpaired) electrons. The molecule has 1 aliphatic heterocycles. The van der Waals surface area contributed by atoms with Gasteiger partial charge in [-0.1, -0.05) is 102 Å². The molecule has 0 spiro atoms. The van der Waals surface area contributed by atoms with Gasteiger partial charge in [0.25, 0.3) is 0 Å². The first-order valence-electron chi connectivity index (χ1n) is 13.8. The van der Waals surface area contributed by atoms with Gasteiger partial charge in [0, 0.05) is 13.0 Å². The molecule has 5 nitrogen and oxygen atoms in total. The molecule has 0 saturated carbocycles. The molecule has 1 heterocycles. The van der Waals surface area contributed by atoms with Crippen LogP contribution in [0.2, 0.25) is 0 Å². The third kappa shape index (κ3) is 14.4. The number of allylic oxidation sites excluding steroid dienone is 1. The van der Waals surface area contributed by atoms with Crippen molar-refractivity contribution in [1.82, 2.24) is 0 Å². The van der Waals surface area contributed by atoms with E-state index in [2.05, 4.69) is 11.6 Å². The predicted molar refractivity (Wildman–Crippen MR) is 139 cm³/mol. The average molecular weight is 462 g/mol. The summed E-state index contributed by atoms with van der Waals surface area (Å²) in [5.74, 6) is -0.124. The molecule has 0 aromatic rings. The summed E-state index contributed by atoms with van der Waals surface area (Å²) in [6.45, 7) is 4.72. The van der Waals surface area contributed by atoms with Crippen LogP contribution in [0.1, 0.15) is 122 Å². The topological polar surface area (TPSA) is 78.5 Å². The first-order valence-corrected chi connectivity index (χ1v) is 13.8. The van der Waals surface area contributed by atoms with Crippen molar-refractivity contribution in [1.29, 1.82) is 0 Å². The number of carboxylic acids is 1. The number of aliphatic imine (C=N–C) groups is 1. The molecule has 33 heavy (non-hydrogen) atoms. The van der Waals surface area contributed by atoms with Crippen molar-refractivity contribution in [3.63, 3.8) is 0 Å². The van der Waals surface area contributed by atoms with Gasteiger partial charge < -0.3 is 15.6 Å². The van der Waals surface area contributed by atoms with E-state index < -0.39 is 5.97 Å². The van der Waals surface area contributed by atoms with Crippen LogP contribution in [0.25, 0.3) is 0 Å². The minimum absolute atomic E-state index is 0.0665. The summed E-state index contributed by atoms with van der Waals surface area (Å²) >= 11 is 0. The van der Waals surface area contributed by atoms with Crippen LogP contribution < -0.4 is 10.8 Å². The molecule has 2 N–H and O–H groups in total. The van der Waals surface area contributed by atoms with E-state index >= 15 is 0 Å². The number of unbranched alkanes of at least 4 members (excludes halogenated alkanes) is 17. The summed E-state index contributed by atoms with van der Waals surface area (Å²) in [5, 5.41) is 11.2. The highest BCUT2D eigenvalue weighted by Gasteiger charge is 2.34. The van der Waals surface area contributed by atoms with Crippen molar-refractivity contribution in [2.24, 2.45) is 10.7 Å². The van der Waals surface area contributed by atoms with E-state index in [0.29, 0.717) is 13.1 Å². The Balaban J connectivity index is 1.89. The summed E-state index contributed by atoms with van der Waals surface area (Å²) < 4.78 is 0.245. The molecule has 0 amide bonds. The van der Waals surface area contributed by atoms with E-state index in [4.69, 9.17) is 5.73 Å². The lowest BCUT2D eigenvalue weighted by Crippen LogP contribution is -2.55. The Hall–Kier alpha value is -1.46. The van der Waals surface area contributed by atoms with Gasteiger partial charge in [0.1, 0.15) is 19.3 Å². The molecule has 0 aliphatic carbocycles. The van der Waals surface area contributed by atoms with Crippen LogP contribution in [0.15, 0.2) is 30.0 Å². The molecule has 5 heteroatoms. The Kier molecular flexibility index (Phi) is 17.9. The van der Waals surface area contributed by atoms with Gasteiger partial charge in [-0.15, -0.1) is 6.58 Å². The van der Waals surface area contributed by atoms with E-state index in [1.807, 2.05) is 12.3 Å². The fourth-order valence-electron chi connectivity index (χ4n) is 4.85. The zero-order chi connectivity index (χ0) is 24.0. The molecule has 1 unspecified atom stereocenters. The number of nitrogens with two attached hydrogens (primary N) is 1. The van der Waals surface area contributed by atoms with Crippen LogP contribution in [0.5, 0.6) is 0 Å². The summed E-state index contributed by atoms with van der Waals surface area (Å²) in [6, 6.07) is 0. The molecule has 0 aromatic heterocycles. The Bertz CT molecular complexity index is 573. The van der Waals surface area contributed by atoms with Crippen molar-refractivity contribution in [2.75, 3.05) is 19.6 Å². The number of aliphatic carboxylic acids is 1. The highest BCUT2D eigenvalue weighted by Crippen LogP contribution is 2.21. The van der Waals surface area contributed by atoms with Crippen molar-refractivity contribution in [2.45, 2.75) is 122 Å². The molecule has 1 atom stereocenters. The monoisotopic (exact) mass is 461 g/mol. The molecule has 1 aliphatic rings. The van der Waals surface area contributed by atoms with Crippen molar-refractivity contribution in [3.8, 4) is 0 Å². The van der Waals surface area contributed by atoms with Crippen LogP contribution >= 0.6 is 0 Å². The fraction of sp³-hybridized carbons (Fsp3) is 0.786. The maximum Gasteiger partial charge on any atom is 0.207 e. The lowest BCUT2D eigenvalue weighted by molar-refractivity contribution is -0.780. The second-order valence-corrected chi connectivity index (χ2v) is 9.76. The van der Waals surface area contributed by atoms with Crippen molar-refractivity contribution < 1.29 is 14.4 Å².